The van der Waals surface area contributed by atoms with Gasteiger partial charge in [0.25, 0.3) is 5.91 Å². The Bertz CT molecular complexity index is 1600. The molecule has 1 fully saturated rings. The van der Waals surface area contributed by atoms with Crippen LogP contribution in [0.15, 0.2) is 109 Å². The quantitative estimate of drug-likeness (QED) is 0.158. The molecule has 1 aliphatic heterocycles. The summed E-state index contributed by atoms with van der Waals surface area (Å²) in [7, 11) is 0. The predicted molar refractivity (Wildman–Crippen MR) is 178 cm³/mol. The smallest absolute Gasteiger partial charge is 0.416 e. The number of esters is 1. The number of likely N-dealkylation sites (tertiary alicyclic amines) is 1. The lowest BCUT2D eigenvalue weighted by Crippen LogP contribution is -2.45. The fraction of sp³-hybridized carbons (Fsp3) is 0.333. The molecule has 5 rings (SSSR count). The van der Waals surface area contributed by atoms with E-state index in [0.29, 0.717) is 23.1 Å². The van der Waals surface area contributed by atoms with E-state index < -0.39 is 11.7 Å². The van der Waals surface area contributed by atoms with Crippen molar-refractivity contribution in [1.82, 2.24) is 10.2 Å². The Hall–Kier alpha value is -4.43. The maximum atomic E-state index is 13.3. The van der Waals surface area contributed by atoms with Gasteiger partial charge in [0.2, 0.25) is 0 Å². The number of nitrogens with zero attached hydrogens (tertiary/aromatic N) is 1. The van der Waals surface area contributed by atoms with E-state index in [-0.39, 0.29) is 29.9 Å². The van der Waals surface area contributed by atoms with E-state index in [9.17, 15) is 22.8 Å². The van der Waals surface area contributed by atoms with E-state index >= 15 is 0 Å². The second kappa shape index (κ2) is 15.4. The number of benzene rings is 4. The van der Waals surface area contributed by atoms with Gasteiger partial charge >= 0.3 is 12.1 Å². The van der Waals surface area contributed by atoms with Gasteiger partial charge in [0.1, 0.15) is 6.61 Å². The number of halogens is 3. The Labute approximate surface area is 274 Å². The van der Waals surface area contributed by atoms with Gasteiger partial charge in [0.15, 0.2) is 0 Å². The predicted octanol–water partition coefficient (Wildman–Crippen LogP) is 8.44. The van der Waals surface area contributed by atoms with E-state index in [4.69, 9.17) is 4.74 Å². The molecule has 246 valence electrons. The van der Waals surface area contributed by atoms with E-state index in [0.717, 1.165) is 68.6 Å². The van der Waals surface area contributed by atoms with Crippen LogP contribution in [0.4, 0.5) is 13.2 Å². The number of nitrogens with one attached hydrogen (secondary N) is 1. The van der Waals surface area contributed by atoms with Crippen LogP contribution in [0, 0.1) is 0 Å². The Morgan fingerprint density at radius 1 is 0.809 bits per heavy atom. The number of rotatable bonds is 12. The monoisotopic (exact) mass is 642 g/mol. The van der Waals surface area contributed by atoms with Crippen molar-refractivity contribution in [2.24, 2.45) is 0 Å². The minimum absolute atomic E-state index is 0.00776. The van der Waals surface area contributed by atoms with Gasteiger partial charge in [-0.2, -0.15) is 13.2 Å². The molecule has 1 amide bonds. The molecule has 1 atom stereocenters. The van der Waals surface area contributed by atoms with Crippen molar-refractivity contribution in [1.29, 1.82) is 0 Å². The molecule has 0 aliphatic carbocycles. The van der Waals surface area contributed by atoms with Gasteiger partial charge in [-0.25, -0.2) is 0 Å². The van der Waals surface area contributed by atoms with Crippen LogP contribution in [0.5, 0.6) is 0 Å². The highest BCUT2D eigenvalue weighted by Gasteiger charge is 2.32. The summed E-state index contributed by atoms with van der Waals surface area (Å²) in [6.45, 7) is 4.96. The van der Waals surface area contributed by atoms with Crippen LogP contribution in [0.2, 0.25) is 0 Å². The van der Waals surface area contributed by atoms with E-state index in [1.54, 1.807) is 24.3 Å². The van der Waals surface area contributed by atoms with Crippen LogP contribution in [-0.2, 0) is 27.7 Å². The van der Waals surface area contributed by atoms with Crippen molar-refractivity contribution < 1.29 is 27.5 Å². The molecule has 0 saturated carbocycles. The molecule has 0 aromatic heterocycles. The van der Waals surface area contributed by atoms with Crippen LogP contribution in [0.1, 0.15) is 66.1 Å². The van der Waals surface area contributed by atoms with Crippen molar-refractivity contribution in [3.8, 4) is 11.1 Å². The van der Waals surface area contributed by atoms with Crippen molar-refractivity contribution in [2.75, 3.05) is 19.6 Å². The van der Waals surface area contributed by atoms with Crippen LogP contribution in [0.3, 0.4) is 0 Å². The minimum atomic E-state index is -4.41. The lowest BCUT2D eigenvalue weighted by Gasteiger charge is -2.34. The normalized spacial score (nSPS) is 15.5. The van der Waals surface area contributed by atoms with Crippen LogP contribution in [0.25, 0.3) is 11.1 Å². The topological polar surface area (TPSA) is 58.6 Å². The molecule has 5 nitrogen and oxygen atoms in total. The number of alkyl halides is 3. The second-order valence-corrected chi connectivity index (χ2v) is 12.6. The molecule has 0 bridgehead atoms. The maximum Gasteiger partial charge on any atom is 0.416 e. The lowest BCUT2D eigenvalue weighted by atomic mass is 9.76. The zero-order chi connectivity index (χ0) is 33.3. The summed E-state index contributed by atoms with van der Waals surface area (Å²) in [6, 6.07) is 31.7. The number of carbonyl (C=O) groups is 2. The van der Waals surface area contributed by atoms with Gasteiger partial charge in [-0.05, 0) is 72.7 Å². The molecule has 47 heavy (non-hydrogen) atoms. The van der Waals surface area contributed by atoms with Crippen LogP contribution in [-0.4, -0.2) is 42.5 Å². The molecular formula is C39H41F3N2O3. The summed E-state index contributed by atoms with van der Waals surface area (Å²) in [4.78, 5) is 28.6. The molecule has 1 aliphatic rings. The number of ether oxygens (including phenoxy) is 1. The third-order valence-corrected chi connectivity index (χ3v) is 9.07. The van der Waals surface area contributed by atoms with E-state index in [2.05, 4.69) is 29.3 Å². The third kappa shape index (κ3) is 9.32. The fourth-order valence-electron chi connectivity index (χ4n) is 6.31. The molecule has 1 N–H and O–H groups in total. The number of hydrogen-bond acceptors (Lipinski definition) is 4. The molecule has 4 aromatic carbocycles. The minimum Gasteiger partial charge on any atom is -0.461 e. The van der Waals surface area contributed by atoms with Crippen LogP contribution >= 0.6 is 0 Å². The summed E-state index contributed by atoms with van der Waals surface area (Å²) < 4.78 is 44.8. The van der Waals surface area contributed by atoms with Gasteiger partial charge in [0.05, 0.1) is 12.0 Å². The average molecular weight is 643 g/mol. The molecule has 0 radical (unpaired) electrons. The zero-order valence-corrected chi connectivity index (χ0v) is 26.6. The van der Waals surface area contributed by atoms with Crippen molar-refractivity contribution in [2.45, 2.75) is 63.3 Å². The van der Waals surface area contributed by atoms with Gasteiger partial charge in [-0.3, -0.25) is 9.59 Å². The summed E-state index contributed by atoms with van der Waals surface area (Å²) in [5, 5.41) is 3.15. The highest BCUT2D eigenvalue weighted by Crippen LogP contribution is 2.34. The fourth-order valence-corrected chi connectivity index (χ4v) is 6.31. The highest BCUT2D eigenvalue weighted by atomic mass is 19.4. The van der Waals surface area contributed by atoms with Crippen molar-refractivity contribution in [3.05, 3.63) is 131 Å². The summed E-state index contributed by atoms with van der Waals surface area (Å²) >= 11 is 0. The first-order valence-electron chi connectivity index (χ1n) is 16.2. The average Bonchev–Trinajstić information content (AvgIpc) is 3.08. The lowest BCUT2D eigenvalue weighted by molar-refractivity contribution is -0.146. The number of amides is 1. The molecular weight excluding hydrogens is 601 g/mol. The first-order chi connectivity index (χ1) is 22.6. The second-order valence-electron chi connectivity index (χ2n) is 12.6. The first-order valence-corrected chi connectivity index (χ1v) is 16.2. The summed E-state index contributed by atoms with van der Waals surface area (Å²) in [6.07, 6.45) is -0.774. The van der Waals surface area contributed by atoms with Gasteiger partial charge in [0, 0.05) is 30.1 Å². The molecule has 4 aromatic rings. The SMILES string of the molecule is CC(CCCN1CCC(NC(=O)c2ccccc2-c2ccc(C(F)(F)F)cc2)CC1)(CC(=O)OCc1ccccc1)c1ccccc1. The Morgan fingerprint density at radius 3 is 2.09 bits per heavy atom. The number of piperidine rings is 1. The molecule has 1 saturated heterocycles. The number of carbonyl (C=O) groups excluding carboxylic acids is 2. The van der Waals surface area contributed by atoms with Gasteiger partial charge in [-0.1, -0.05) is 97.9 Å². The zero-order valence-electron chi connectivity index (χ0n) is 26.6. The standard InChI is InChI=1S/C39H41F3N2O3/c1-38(31-13-6-3-7-14-31,27-36(45)47-28-29-11-4-2-5-12-29)23-10-24-44-25-21-33(22-26-44)43-37(46)35-16-9-8-15-34(35)30-17-19-32(20-18-30)39(40,41)42/h2-9,11-20,33H,10,21-28H2,1H3,(H,43,46). The number of hydrogen-bond donors (Lipinski definition) is 1. The van der Waals surface area contributed by atoms with E-state index in [1.165, 1.54) is 12.1 Å². The Kier molecular flexibility index (Phi) is 11.1. The largest absolute Gasteiger partial charge is 0.461 e. The van der Waals surface area contributed by atoms with Gasteiger partial charge in [-0.15, -0.1) is 0 Å². The molecule has 1 heterocycles. The highest BCUT2D eigenvalue weighted by molar-refractivity contribution is 6.01. The van der Waals surface area contributed by atoms with Crippen molar-refractivity contribution >= 4 is 11.9 Å². The maximum absolute atomic E-state index is 13.3. The first kappa shape index (κ1) is 33.9. The van der Waals surface area contributed by atoms with E-state index in [1.807, 2.05) is 48.5 Å². The summed E-state index contributed by atoms with van der Waals surface area (Å²) in [5.74, 6) is -0.437. The Morgan fingerprint density at radius 2 is 1.43 bits per heavy atom. The summed E-state index contributed by atoms with van der Waals surface area (Å²) in [5.41, 5.74) is 2.60. The third-order valence-electron chi connectivity index (χ3n) is 9.07. The molecule has 1 unspecified atom stereocenters. The molecule has 0 spiro atoms. The van der Waals surface area contributed by atoms with Crippen LogP contribution < -0.4 is 5.32 Å². The molecule has 8 heteroatoms. The van der Waals surface area contributed by atoms with Gasteiger partial charge < -0.3 is 15.0 Å². The Balaban J connectivity index is 1.12. The van der Waals surface area contributed by atoms with Crippen molar-refractivity contribution in [3.63, 3.8) is 0 Å².